The highest BCUT2D eigenvalue weighted by Crippen LogP contribution is 2.25. The van der Waals surface area contributed by atoms with Crippen molar-refractivity contribution in [2.45, 2.75) is 70.0 Å². The van der Waals surface area contributed by atoms with Crippen molar-refractivity contribution in [3.05, 3.63) is 95.8 Å². The number of sulfonamides is 1. The molecule has 0 aromatic heterocycles. The maximum Gasteiger partial charge on any atom is 0.243 e. The Hall–Kier alpha value is -3.92. The third kappa shape index (κ3) is 9.29. The number of nitrogens with zero attached hydrogens (tertiary/aromatic N) is 2. The molecule has 4 rings (SSSR count). The van der Waals surface area contributed by atoms with E-state index in [0.29, 0.717) is 17.0 Å². The maximum absolute atomic E-state index is 14.9. The number of halogens is 1. The molecule has 0 saturated heterocycles. The van der Waals surface area contributed by atoms with E-state index in [4.69, 9.17) is 4.74 Å². The summed E-state index contributed by atoms with van der Waals surface area (Å²) in [6, 6.07) is 21.6. The summed E-state index contributed by atoms with van der Waals surface area (Å²) in [6.45, 7) is -0.0460. The van der Waals surface area contributed by atoms with Crippen LogP contribution in [0.4, 0.5) is 10.1 Å². The Morgan fingerprint density at radius 1 is 0.977 bits per heavy atom. The lowest BCUT2D eigenvalue weighted by atomic mass is 9.94. The molecule has 1 saturated carbocycles. The number of anilines is 1. The Labute approximate surface area is 260 Å². The number of ether oxygens (including phenoxy) is 1. The van der Waals surface area contributed by atoms with Crippen LogP contribution in [-0.4, -0.2) is 57.1 Å². The van der Waals surface area contributed by atoms with Crippen molar-refractivity contribution in [3.8, 4) is 5.75 Å². The van der Waals surface area contributed by atoms with Gasteiger partial charge in [-0.25, -0.2) is 12.8 Å². The zero-order chi connectivity index (χ0) is 31.5. The van der Waals surface area contributed by atoms with E-state index >= 15 is 0 Å². The number of rotatable bonds is 14. The van der Waals surface area contributed by atoms with Gasteiger partial charge in [0.05, 0.1) is 19.1 Å². The Kier molecular flexibility index (Phi) is 11.8. The predicted octanol–water partition coefficient (Wildman–Crippen LogP) is 5.47. The summed E-state index contributed by atoms with van der Waals surface area (Å²) in [5.41, 5.74) is 1.61. The lowest BCUT2D eigenvalue weighted by Gasteiger charge is -2.34. The van der Waals surface area contributed by atoms with Gasteiger partial charge in [0.1, 0.15) is 17.6 Å². The van der Waals surface area contributed by atoms with Gasteiger partial charge in [-0.2, -0.15) is 0 Å². The first kappa shape index (κ1) is 33.0. The van der Waals surface area contributed by atoms with Gasteiger partial charge in [-0.1, -0.05) is 73.9 Å². The van der Waals surface area contributed by atoms with Crippen LogP contribution in [0.2, 0.25) is 0 Å². The number of carbonyl (C=O) groups excluding carboxylic acids is 2. The molecule has 0 spiro atoms. The molecule has 0 bridgehead atoms. The maximum atomic E-state index is 14.9. The van der Waals surface area contributed by atoms with Crippen LogP contribution in [0, 0.1) is 5.82 Å². The molecule has 1 N–H and O–H groups in total. The van der Waals surface area contributed by atoms with E-state index < -0.39 is 21.9 Å². The number of methoxy groups -OCH3 is 1. The van der Waals surface area contributed by atoms with Gasteiger partial charge in [0, 0.05) is 43.6 Å². The number of hydrogen-bond donors (Lipinski definition) is 1. The summed E-state index contributed by atoms with van der Waals surface area (Å²) in [5, 5.41) is 3.18. The number of nitrogens with one attached hydrogen (secondary N) is 1. The summed E-state index contributed by atoms with van der Waals surface area (Å²) in [5.74, 6) is -0.569. The quantitative estimate of drug-likeness (QED) is 0.257. The number of benzene rings is 3. The monoisotopic (exact) mass is 623 g/mol. The highest BCUT2D eigenvalue weighted by molar-refractivity contribution is 7.92. The lowest BCUT2D eigenvalue weighted by molar-refractivity contribution is -0.141. The van der Waals surface area contributed by atoms with Crippen LogP contribution in [0.3, 0.4) is 0 Å². The zero-order valence-electron chi connectivity index (χ0n) is 25.5. The first-order valence-corrected chi connectivity index (χ1v) is 17.0. The third-order valence-corrected chi connectivity index (χ3v) is 9.21. The van der Waals surface area contributed by atoms with Gasteiger partial charge in [0.2, 0.25) is 21.8 Å². The van der Waals surface area contributed by atoms with Gasteiger partial charge in [0.25, 0.3) is 0 Å². The molecule has 8 nitrogen and oxygen atoms in total. The van der Waals surface area contributed by atoms with Crippen molar-refractivity contribution in [1.29, 1.82) is 0 Å². The average molecular weight is 624 g/mol. The zero-order valence-corrected chi connectivity index (χ0v) is 26.3. The van der Waals surface area contributed by atoms with Crippen LogP contribution < -0.4 is 14.4 Å². The summed E-state index contributed by atoms with van der Waals surface area (Å²) in [7, 11) is -2.16. The van der Waals surface area contributed by atoms with Crippen LogP contribution in [0.1, 0.15) is 56.1 Å². The summed E-state index contributed by atoms with van der Waals surface area (Å²) >= 11 is 0. The van der Waals surface area contributed by atoms with E-state index in [-0.39, 0.29) is 50.2 Å². The molecule has 1 atom stereocenters. The van der Waals surface area contributed by atoms with E-state index in [2.05, 4.69) is 5.32 Å². The van der Waals surface area contributed by atoms with Crippen LogP contribution in [0.15, 0.2) is 78.9 Å². The molecular weight excluding hydrogens is 581 g/mol. The molecule has 1 aliphatic carbocycles. The fourth-order valence-electron chi connectivity index (χ4n) is 5.68. The second-order valence-corrected chi connectivity index (χ2v) is 13.2. The third-order valence-electron chi connectivity index (χ3n) is 8.01. The van der Waals surface area contributed by atoms with Gasteiger partial charge in [0.15, 0.2) is 0 Å². The first-order valence-electron chi connectivity index (χ1n) is 15.1. The van der Waals surface area contributed by atoms with Crippen LogP contribution in [0.5, 0.6) is 5.75 Å². The number of hydrogen-bond acceptors (Lipinski definition) is 5. The fraction of sp³-hybridized carbons (Fsp3) is 0.412. The number of amides is 2. The largest absolute Gasteiger partial charge is 0.497 e. The molecule has 0 aliphatic heterocycles. The second kappa shape index (κ2) is 15.7. The van der Waals surface area contributed by atoms with Crippen molar-refractivity contribution in [2.24, 2.45) is 0 Å². The molecule has 0 heterocycles. The van der Waals surface area contributed by atoms with Crippen LogP contribution >= 0.6 is 0 Å². The highest BCUT2D eigenvalue weighted by atomic mass is 32.2. The molecule has 1 unspecified atom stereocenters. The van der Waals surface area contributed by atoms with Crippen molar-refractivity contribution in [1.82, 2.24) is 10.2 Å². The van der Waals surface area contributed by atoms with Gasteiger partial charge in [-0.05, 0) is 43.0 Å². The number of carbonyl (C=O) groups is 2. The van der Waals surface area contributed by atoms with E-state index in [1.54, 1.807) is 42.5 Å². The Morgan fingerprint density at radius 3 is 2.36 bits per heavy atom. The normalized spacial score (nSPS) is 14.4. The molecule has 236 valence electrons. The predicted molar refractivity (Wildman–Crippen MR) is 170 cm³/mol. The van der Waals surface area contributed by atoms with Gasteiger partial charge >= 0.3 is 0 Å². The standard InChI is InChI=1S/C34H42FN3O5S/c1-43-30-19-11-18-29(24-30)38(44(2,41)42)22-12-21-33(39)37(25-27-15-9-10-20-31(27)35)32(23-26-13-5-3-6-14-26)34(40)36-28-16-7-4-8-17-28/h3,5-6,9-11,13-15,18-20,24,28,32H,4,7-8,12,16-17,21-23,25H2,1-2H3,(H,36,40). The summed E-state index contributed by atoms with van der Waals surface area (Å²) in [4.78, 5) is 29.3. The minimum absolute atomic E-state index is 0.0334. The average Bonchev–Trinajstić information content (AvgIpc) is 3.02. The Morgan fingerprint density at radius 2 is 1.68 bits per heavy atom. The minimum Gasteiger partial charge on any atom is -0.497 e. The van der Waals surface area contributed by atoms with Crippen molar-refractivity contribution >= 4 is 27.5 Å². The van der Waals surface area contributed by atoms with Crippen molar-refractivity contribution < 1.29 is 27.1 Å². The first-order chi connectivity index (χ1) is 21.2. The molecule has 44 heavy (non-hydrogen) atoms. The van der Waals surface area contributed by atoms with Gasteiger partial charge in [-0.15, -0.1) is 0 Å². The van der Waals surface area contributed by atoms with E-state index in [1.807, 2.05) is 30.3 Å². The van der Waals surface area contributed by atoms with E-state index in [9.17, 15) is 22.4 Å². The van der Waals surface area contributed by atoms with Crippen molar-refractivity contribution in [3.63, 3.8) is 0 Å². The van der Waals surface area contributed by atoms with Gasteiger partial charge in [-0.3, -0.25) is 13.9 Å². The SMILES string of the molecule is COc1cccc(N(CCCC(=O)N(Cc2ccccc2F)C(Cc2ccccc2)C(=O)NC2CCCCC2)S(C)(=O)=O)c1. The van der Waals surface area contributed by atoms with Gasteiger partial charge < -0.3 is 15.0 Å². The minimum atomic E-state index is -3.66. The fourth-order valence-corrected chi connectivity index (χ4v) is 6.64. The van der Waals surface area contributed by atoms with Crippen LogP contribution in [-0.2, 0) is 32.6 Å². The molecule has 0 radical (unpaired) electrons. The molecule has 3 aromatic carbocycles. The molecular formula is C34H42FN3O5S. The van der Waals surface area contributed by atoms with E-state index in [1.165, 1.54) is 22.4 Å². The van der Waals surface area contributed by atoms with E-state index in [0.717, 1.165) is 43.9 Å². The molecule has 10 heteroatoms. The van der Waals surface area contributed by atoms with Crippen LogP contribution in [0.25, 0.3) is 0 Å². The smallest absolute Gasteiger partial charge is 0.243 e. The lowest BCUT2D eigenvalue weighted by Crippen LogP contribution is -2.53. The molecule has 1 aliphatic rings. The molecule has 2 amide bonds. The van der Waals surface area contributed by atoms with Crippen molar-refractivity contribution in [2.75, 3.05) is 24.2 Å². The Balaban J connectivity index is 1.59. The molecule has 1 fully saturated rings. The summed E-state index contributed by atoms with van der Waals surface area (Å²) in [6.07, 6.45) is 6.52. The highest BCUT2D eigenvalue weighted by Gasteiger charge is 2.32. The summed E-state index contributed by atoms with van der Waals surface area (Å²) < 4.78 is 46.8. The topological polar surface area (TPSA) is 96.0 Å². The Bertz CT molecular complexity index is 1500. The second-order valence-electron chi connectivity index (χ2n) is 11.3. The molecule has 3 aromatic rings.